The van der Waals surface area contributed by atoms with Crippen LogP contribution >= 0.6 is 11.8 Å². The van der Waals surface area contributed by atoms with E-state index in [0.29, 0.717) is 5.92 Å². The van der Waals surface area contributed by atoms with Crippen molar-refractivity contribution in [2.45, 2.75) is 36.3 Å². The van der Waals surface area contributed by atoms with E-state index >= 15 is 0 Å². The molecule has 1 aromatic heterocycles. The number of thioether (sulfide) groups is 1. The summed E-state index contributed by atoms with van der Waals surface area (Å²) >= 11 is 1.97. The summed E-state index contributed by atoms with van der Waals surface area (Å²) in [5.74, 6) is 0.394. The van der Waals surface area contributed by atoms with Gasteiger partial charge in [-0.1, -0.05) is 43.3 Å². The molecule has 0 fully saturated rings. The van der Waals surface area contributed by atoms with Crippen molar-refractivity contribution in [2.75, 3.05) is 0 Å². The van der Waals surface area contributed by atoms with Crippen LogP contribution in [0.25, 0.3) is 22.4 Å². The molecule has 24 heavy (non-hydrogen) atoms. The molecule has 0 amide bonds. The summed E-state index contributed by atoms with van der Waals surface area (Å²) in [6.07, 6.45) is 1.91. The molecule has 0 saturated heterocycles. The Hall–Kier alpha value is -2.06. The molecule has 1 atom stereocenters. The van der Waals surface area contributed by atoms with E-state index in [9.17, 15) is 0 Å². The van der Waals surface area contributed by atoms with Crippen molar-refractivity contribution in [1.82, 2.24) is 4.98 Å². The van der Waals surface area contributed by atoms with Crippen LogP contribution in [0.5, 0.6) is 0 Å². The van der Waals surface area contributed by atoms with Crippen LogP contribution in [0.15, 0.2) is 59.6 Å². The van der Waals surface area contributed by atoms with Gasteiger partial charge in [0.05, 0.1) is 5.69 Å². The zero-order valence-electron chi connectivity index (χ0n) is 14.1. The maximum absolute atomic E-state index is 4.69. The van der Waals surface area contributed by atoms with Crippen molar-refractivity contribution in [1.29, 1.82) is 0 Å². The van der Waals surface area contributed by atoms with Gasteiger partial charge in [-0.05, 0) is 53.8 Å². The molecule has 2 aliphatic rings. The van der Waals surface area contributed by atoms with Crippen LogP contribution in [-0.2, 0) is 4.75 Å². The molecule has 2 heterocycles. The fourth-order valence-corrected chi connectivity index (χ4v) is 5.56. The summed E-state index contributed by atoms with van der Waals surface area (Å²) in [4.78, 5) is 6.08. The Labute approximate surface area is 147 Å². The lowest BCUT2D eigenvalue weighted by Gasteiger charge is -2.35. The number of rotatable bonds is 0. The van der Waals surface area contributed by atoms with E-state index in [1.54, 1.807) is 0 Å². The summed E-state index contributed by atoms with van der Waals surface area (Å²) in [6, 6.07) is 17.7. The molecule has 0 spiro atoms. The average molecular weight is 329 g/mol. The Morgan fingerprint density at radius 3 is 2.67 bits per heavy atom. The molecule has 118 valence electrons. The number of fused-ring (bicyclic) bond motifs is 7. The predicted octanol–water partition coefficient (Wildman–Crippen LogP) is 6.22. The van der Waals surface area contributed by atoms with E-state index in [-0.39, 0.29) is 4.75 Å². The Morgan fingerprint density at radius 1 is 0.958 bits per heavy atom. The number of benzene rings is 2. The Morgan fingerprint density at radius 2 is 1.79 bits per heavy atom. The molecular weight excluding hydrogens is 310 g/mol. The molecule has 5 rings (SSSR count). The van der Waals surface area contributed by atoms with Crippen molar-refractivity contribution < 1.29 is 0 Å². The number of hydrogen-bond acceptors (Lipinski definition) is 2. The smallest absolute Gasteiger partial charge is 0.0743 e. The van der Waals surface area contributed by atoms with Crippen molar-refractivity contribution >= 4 is 11.8 Å². The Balaban J connectivity index is 1.90. The Kier molecular flexibility index (Phi) is 2.82. The van der Waals surface area contributed by atoms with E-state index in [0.717, 1.165) is 5.69 Å². The SMILES string of the molecule is CC1c2cccnc2-c2ccc3c(c21)-c1ccccc1SC3(C)C. The van der Waals surface area contributed by atoms with Gasteiger partial charge in [0, 0.05) is 27.3 Å². The van der Waals surface area contributed by atoms with Crippen LogP contribution in [0.3, 0.4) is 0 Å². The average Bonchev–Trinajstić information content (AvgIpc) is 2.88. The van der Waals surface area contributed by atoms with E-state index in [2.05, 4.69) is 74.3 Å². The minimum absolute atomic E-state index is 0.0840. The highest BCUT2D eigenvalue weighted by molar-refractivity contribution is 8.00. The topological polar surface area (TPSA) is 12.9 Å². The predicted molar refractivity (Wildman–Crippen MR) is 102 cm³/mol. The van der Waals surface area contributed by atoms with Crippen LogP contribution in [0.4, 0.5) is 0 Å². The molecule has 3 aromatic rings. The zero-order chi connectivity index (χ0) is 16.5. The van der Waals surface area contributed by atoms with Crippen LogP contribution in [-0.4, -0.2) is 4.98 Å². The first-order chi connectivity index (χ1) is 11.6. The first kappa shape index (κ1) is 14.3. The highest BCUT2D eigenvalue weighted by atomic mass is 32.2. The highest BCUT2D eigenvalue weighted by Gasteiger charge is 2.38. The molecule has 2 aromatic carbocycles. The van der Waals surface area contributed by atoms with E-state index in [1.165, 1.54) is 38.3 Å². The number of aromatic nitrogens is 1. The zero-order valence-corrected chi connectivity index (χ0v) is 14.9. The molecule has 0 bridgehead atoms. The lowest BCUT2D eigenvalue weighted by Crippen LogP contribution is -2.18. The van der Waals surface area contributed by atoms with Gasteiger partial charge in [0.2, 0.25) is 0 Å². The summed E-state index contributed by atoms with van der Waals surface area (Å²) in [6.45, 7) is 7.00. The second-order valence-electron chi connectivity index (χ2n) is 7.22. The monoisotopic (exact) mass is 329 g/mol. The van der Waals surface area contributed by atoms with Gasteiger partial charge in [0.1, 0.15) is 0 Å². The summed E-state index contributed by atoms with van der Waals surface area (Å²) in [7, 11) is 0. The van der Waals surface area contributed by atoms with Gasteiger partial charge >= 0.3 is 0 Å². The molecule has 1 nitrogen and oxygen atoms in total. The molecule has 1 aliphatic heterocycles. The quantitative estimate of drug-likeness (QED) is 0.485. The third kappa shape index (κ3) is 1.75. The highest BCUT2D eigenvalue weighted by Crippen LogP contribution is 2.57. The Bertz CT molecular complexity index is 987. The molecule has 0 saturated carbocycles. The molecule has 0 radical (unpaired) electrons. The first-order valence-electron chi connectivity index (χ1n) is 8.49. The normalized spacial score (nSPS) is 19.2. The minimum atomic E-state index is 0.0840. The first-order valence-corrected chi connectivity index (χ1v) is 9.30. The largest absolute Gasteiger partial charge is 0.256 e. The molecule has 1 unspecified atom stereocenters. The maximum Gasteiger partial charge on any atom is 0.0743 e. The number of pyridine rings is 1. The van der Waals surface area contributed by atoms with Gasteiger partial charge in [0.15, 0.2) is 0 Å². The maximum atomic E-state index is 4.69. The summed E-state index contributed by atoms with van der Waals surface area (Å²) in [5, 5.41) is 0. The van der Waals surface area contributed by atoms with Gasteiger partial charge in [-0.2, -0.15) is 0 Å². The van der Waals surface area contributed by atoms with Gasteiger partial charge in [-0.3, -0.25) is 4.98 Å². The van der Waals surface area contributed by atoms with Crippen molar-refractivity contribution in [3.05, 3.63) is 71.4 Å². The number of nitrogens with zero attached hydrogens (tertiary/aromatic N) is 1. The van der Waals surface area contributed by atoms with Gasteiger partial charge < -0.3 is 0 Å². The van der Waals surface area contributed by atoms with Gasteiger partial charge in [0.25, 0.3) is 0 Å². The fraction of sp³-hybridized carbons (Fsp3) is 0.227. The lowest BCUT2D eigenvalue weighted by atomic mass is 9.83. The van der Waals surface area contributed by atoms with Crippen molar-refractivity contribution in [2.24, 2.45) is 0 Å². The van der Waals surface area contributed by atoms with Crippen LogP contribution < -0.4 is 0 Å². The van der Waals surface area contributed by atoms with E-state index in [4.69, 9.17) is 0 Å². The fourth-order valence-electron chi connectivity index (χ4n) is 4.31. The standard InChI is InChI=1S/C22H19NS/c1-13-14-8-6-12-23-21(14)16-10-11-17-20(19(13)16)15-7-4-5-9-18(15)24-22(17,2)3/h4-13H,1-3H3. The summed E-state index contributed by atoms with van der Waals surface area (Å²) < 4.78 is 0.0840. The lowest BCUT2D eigenvalue weighted by molar-refractivity contribution is 0.774. The molecule has 1 aliphatic carbocycles. The van der Waals surface area contributed by atoms with Gasteiger partial charge in [-0.25, -0.2) is 0 Å². The molecule has 2 heteroatoms. The second-order valence-corrected chi connectivity index (χ2v) is 8.89. The van der Waals surface area contributed by atoms with Crippen LogP contribution in [0.1, 0.15) is 43.4 Å². The third-order valence-corrected chi connectivity index (χ3v) is 6.72. The minimum Gasteiger partial charge on any atom is -0.256 e. The van der Waals surface area contributed by atoms with Gasteiger partial charge in [-0.15, -0.1) is 11.8 Å². The van der Waals surface area contributed by atoms with E-state index in [1.807, 2.05) is 18.0 Å². The van der Waals surface area contributed by atoms with E-state index < -0.39 is 0 Å². The molecular formula is C22H19NS. The second kappa shape index (κ2) is 4.73. The van der Waals surface area contributed by atoms with Crippen molar-refractivity contribution in [3.8, 4) is 22.4 Å². The number of hydrogen-bond donors (Lipinski definition) is 0. The third-order valence-electron chi connectivity index (χ3n) is 5.41. The van der Waals surface area contributed by atoms with Crippen LogP contribution in [0.2, 0.25) is 0 Å². The molecule has 0 N–H and O–H groups in total. The van der Waals surface area contributed by atoms with Crippen LogP contribution in [0, 0.1) is 0 Å². The summed E-state index contributed by atoms with van der Waals surface area (Å²) in [5.41, 5.74) is 9.57. The van der Waals surface area contributed by atoms with Crippen molar-refractivity contribution in [3.63, 3.8) is 0 Å².